The maximum absolute atomic E-state index is 11.4. The molecule has 0 fully saturated rings. The van der Waals surface area contributed by atoms with E-state index in [1.165, 1.54) is 6.33 Å². The zero-order valence-electron chi connectivity index (χ0n) is 8.82. The van der Waals surface area contributed by atoms with Gasteiger partial charge in [0.05, 0.1) is 6.42 Å². The fourth-order valence-corrected chi connectivity index (χ4v) is 1.13. The van der Waals surface area contributed by atoms with Crippen molar-refractivity contribution in [3.8, 4) is 0 Å². The van der Waals surface area contributed by atoms with Crippen LogP contribution >= 0.6 is 0 Å². The fourth-order valence-electron chi connectivity index (χ4n) is 1.13. The first-order chi connectivity index (χ1) is 6.52. The van der Waals surface area contributed by atoms with Gasteiger partial charge in [0, 0.05) is 6.04 Å². The van der Waals surface area contributed by atoms with Crippen LogP contribution in [0.3, 0.4) is 0 Å². The largest absolute Gasteiger partial charge is 0.294 e. The van der Waals surface area contributed by atoms with E-state index >= 15 is 0 Å². The number of rotatable bonds is 4. The Hall–Kier alpha value is -1.45. The molecule has 0 radical (unpaired) electrons. The Bertz CT molecular complexity index is 352. The van der Waals surface area contributed by atoms with E-state index in [0.717, 1.165) is 0 Å². The highest BCUT2D eigenvalue weighted by molar-refractivity contribution is 5.95. The molecule has 0 bridgehead atoms. The van der Waals surface area contributed by atoms with E-state index in [2.05, 4.69) is 16.7 Å². The number of nitrogens with zero attached hydrogens (tertiary/aromatic N) is 3. The van der Waals surface area contributed by atoms with Crippen LogP contribution in [-0.4, -0.2) is 20.5 Å². The molecular formula is C10H15N3O. The predicted octanol–water partition coefficient (Wildman–Crippen LogP) is 1.55. The maximum Gasteiger partial charge on any atom is 0.165 e. The molecule has 1 rings (SSSR count). The highest BCUT2D eigenvalue weighted by Gasteiger charge is 2.12. The Balaban J connectivity index is 2.81. The Morgan fingerprint density at radius 1 is 1.64 bits per heavy atom. The third kappa shape index (κ3) is 2.28. The summed E-state index contributed by atoms with van der Waals surface area (Å²) in [7, 11) is 0. The quantitative estimate of drug-likeness (QED) is 0.681. The van der Waals surface area contributed by atoms with Crippen LogP contribution < -0.4 is 0 Å². The van der Waals surface area contributed by atoms with Gasteiger partial charge in [-0.1, -0.05) is 6.58 Å². The van der Waals surface area contributed by atoms with Gasteiger partial charge in [0.1, 0.15) is 12.2 Å². The molecule has 0 N–H and O–H groups in total. The summed E-state index contributed by atoms with van der Waals surface area (Å²) in [6.45, 7) is 9.32. The van der Waals surface area contributed by atoms with E-state index in [1.807, 2.05) is 13.8 Å². The van der Waals surface area contributed by atoms with Crippen LogP contribution in [0.1, 0.15) is 32.6 Å². The van der Waals surface area contributed by atoms with Crippen LogP contribution in [0, 0.1) is 0 Å². The smallest absolute Gasteiger partial charge is 0.165 e. The minimum atomic E-state index is 0.0138. The topological polar surface area (TPSA) is 47.8 Å². The molecule has 0 unspecified atom stereocenters. The van der Waals surface area contributed by atoms with Crippen LogP contribution in [0.15, 0.2) is 18.5 Å². The molecule has 0 saturated heterocycles. The number of carbonyl (C=O) groups excluding carboxylic acids is 1. The van der Waals surface area contributed by atoms with Crippen molar-refractivity contribution in [2.45, 2.75) is 33.2 Å². The summed E-state index contributed by atoms with van der Waals surface area (Å²) in [6.07, 6.45) is 1.76. The molecule has 1 aromatic rings. The average Bonchev–Trinajstić information content (AvgIpc) is 2.52. The number of aromatic nitrogens is 3. The molecule has 0 aliphatic rings. The summed E-state index contributed by atoms with van der Waals surface area (Å²) < 4.78 is 1.75. The van der Waals surface area contributed by atoms with Crippen molar-refractivity contribution < 1.29 is 4.79 Å². The number of hydrogen-bond donors (Lipinski definition) is 0. The second-order valence-electron chi connectivity index (χ2n) is 3.59. The summed E-state index contributed by atoms with van der Waals surface area (Å²) in [5.74, 6) is 0.716. The molecular weight excluding hydrogens is 178 g/mol. The first-order valence-corrected chi connectivity index (χ1v) is 4.59. The molecule has 1 heterocycles. The van der Waals surface area contributed by atoms with E-state index in [-0.39, 0.29) is 18.2 Å². The summed E-state index contributed by atoms with van der Waals surface area (Å²) in [4.78, 5) is 15.5. The van der Waals surface area contributed by atoms with E-state index in [4.69, 9.17) is 0 Å². The number of hydrogen-bond acceptors (Lipinski definition) is 3. The monoisotopic (exact) mass is 193 g/mol. The number of Topliss-reactive ketones (excluding diaryl/α,β-unsaturated/α-hetero) is 1. The van der Waals surface area contributed by atoms with Gasteiger partial charge in [-0.15, -0.1) is 0 Å². The lowest BCUT2D eigenvalue weighted by molar-refractivity contribution is -0.115. The molecule has 1 aromatic heterocycles. The molecule has 0 aromatic carbocycles. The predicted molar refractivity (Wildman–Crippen MR) is 53.9 cm³/mol. The standard InChI is InChI=1S/C10H15N3O/c1-7(2)9(14)5-10-11-6-12-13(10)8(3)4/h6,8H,1,5H2,2-4H3. The molecule has 4 nitrogen and oxygen atoms in total. The van der Waals surface area contributed by atoms with Crippen LogP contribution in [0.4, 0.5) is 0 Å². The SMILES string of the molecule is C=C(C)C(=O)Cc1ncnn1C(C)C. The van der Waals surface area contributed by atoms with Gasteiger partial charge in [0.2, 0.25) is 0 Å². The lowest BCUT2D eigenvalue weighted by Crippen LogP contribution is -2.13. The third-order valence-electron chi connectivity index (χ3n) is 1.93. The highest BCUT2D eigenvalue weighted by Crippen LogP contribution is 2.07. The Labute approximate surface area is 83.6 Å². The zero-order chi connectivity index (χ0) is 10.7. The lowest BCUT2D eigenvalue weighted by Gasteiger charge is -2.08. The second-order valence-corrected chi connectivity index (χ2v) is 3.59. The van der Waals surface area contributed by atoms with Gasteiger partial charge in [0.25, 0.3) is 0 Å². The minimum absolute atomic E-state index is 0.0138. The summed E-state index contributed by atoms with van der Waals surface area (Å²) in [6, 6.07) is 0.227. The van der Waals surface area contributed by atoms with Gasteiger partial charge >= 0.3 is 0 Å². The first kappa shape index (κ1) is 10.6. The number of ketones is 1. The van der Waals surface area contributed by atoms with Crippen LogP contribution in [0.5, 0.6) is 0 Å². The highest BCUT2D eigenvalue weighted by atomic mass is 16.1. The summed E-state index contributed by atoms with van der Waals surface area (Å²) in [5, 5.41) is 4.05. The zero-order valence-corrected chi connectivity index (χ0v) is 8.82. The van der Waals surface area contributed by atoms with Crippen molar-refractivity contribution >= 4 is 5.78 Å². The third-order valence-corrected chi connectivity index (χ3v) is 1.93. The van der Waals surface area contributed by atoms with E-state index < -0.39 is 0 Å². The molecule has 0 aliphatic heterocycles. The van der Waals surface area contributed by atoms with Gasteiger partial charge < -0.3 is 0 Å². The van der Waals surface area contributed by atoms with Crippen LogP contribution in [0.25, 0.3) is 0 Å². The first-order valence-electron chi connectivity index (χ1n) is 4.59. The molecule has 0 saturated carbocycles. The Morgan fingerprint density at radius 2 is 2.29 bits per heavy atom. The summed E-state index contributed by atoms with van der Waals surface area (Å²) >= 11 is 0. The molecule has 76 valence electrons. The summed E-state index contributed by atoms with van der Waals surface area (Å²) in [5.41, 5.74) is 0.559. The lowest BCUT2D eigenvalue weighted by atomic mass is 10.1. The van der Waals surface area contributed by atoms with Crippen molar-refractivity contribution in [2.24, 2.45) is 0 Å². The fraction of sp³-hybridized carbons (Fsp3) is 0.500. The maximum atomic E-state index is 11.4. The molecule has 0 amide bonds. The van der Waals surface area contributed by atoms with Gasteiger partial charge in [-0.3, -0.25) is 4.79 Å². The van der Waals surface area contributed by atoms with Crippen molar-refractivity contribution in [3.63, 3.8) is 0 Å². The normalized spacial score (nSPS) is 10.6. The van der Waals surface area contributed by atoms with E-state index in [9.17, 15) is 4.79 Å². The molecule has 0 aliphatic carbocycles. The van der Waals surface area contributed by atoms with Crippen molar-refractivity contribution in [2.75, 3.05) is 0 Å². The van der Waals surface area contributed by atoms with Crippen molar-refractivity contribution in [3.05, 3.63) is 24.3 Å². The second kappa shape index (κ2) is 4.17. The number of carbonyl (C=O) groups is 1. The van der Waals surface area contributed by atoms with Gasteiger partial charge in [-0.25, -0.2) is 9.67 Å². The van der Waals surface area contributed by atoms with E-state index in [0.29, 0.717) is 11.4 Å². The molecule has 0 spiro atoms. The Kier molecular flexibility index (Phi) is 3.17. The van der Waals surface area contributed by atoms with Gasteiger partial charge in [-0.05, 0) is 26.3 Å². The van der Waals surface area contributed by atoms with Gasteiger partial charge in [0.15, 0.2) is 5.78 Å². The molecule has 0 atom stereocenters. The molecule has 14 heavy (non-hydrogen) atoms. The van der Waals surface area contributed by atoms with Crippen LogP contribution in [0.2, 0.25) is 0 Å². The van der Waals surface area contributed by atoms with Crippen LogP contribution in [-0.2, 0) is 11.2 Å². The number of allylic oxidation sites excluding steroid dienone is 1. The van der Waals surface area contributed by atoms with Gasteiger partial charge in [-0.2, -0.15) is 5.10 Å². The average molecular weight is 193 g/mol. The van der Waals surface area contributed by atoms with Crippen molar-refractivity contribution in [1.82, 2.24) is 14.8 Å². The van der Waals surface area contributed by atoms with Crippen molar-refractivity contribution in [1.29, 1.82) is 0 Å². The molecule has 4 heteroatoms. The Morgan fingerprint density at radius 3 is 2.79 bits per heavy atom. The van der Waals surface area contributed by atoms with E-state index in [1.54, 1.807) is 11.6 Å². The minimum Gasteiger partial charge on any atom is -0.294 e.